The lowest BCUT2D eigenvalue weighted by Gasteiger charge is -2.71. The smallest absolute Gasteiger partial charge is 0.312 e. The van der Waals surface area contributed by atoms with E-state index in [-0.39, 0.29) is 51.2 Å². The van der Waals surface area contributed by atoms with E-state index in [2.05, 4.69) is 59.9 Å². The molecule has 0 bridgehead atoms. The first-order chi connectivity index (χ1) is 19.1. The summed E-state index contributed by atoms with van der Waals surface area (Å²) >= 11 is 0. The lowest BCUT2D eigenvalue weighted by atomic mass is 9.33. The predicted molar refractivity (Wildman–Crippen MR) is 161 cm³/mol. The number of carbonyl (C=O) groups is 3. The second-order valence-electron chi connectivity index (χ2n) is 17.4. The monoisotopic (exact) mass is 565 g/mol. The lowest BCUT2D eigenvalue weighted by molar-refractivity contribution is -0.196. The Balaban J connectivity index is 1.39. The van der Waals surface area contributed by atoms with Gasteiger partial charge in [-0.15, -0.1) is 0 Å². The topological polar surface area (TPSA) is 72.5 Å². The van der Waals surface area contributed by atoms with Crippen LogP contribution in [0, 0.1) is 62.1 Å². The summed E-state index contributed by atoms with van der Waals surface area (Å²) in [6, 6.07) is 0. The molecule has 5 heteroatoms. The number of fused-ring (bicyclic) bond motifs is 7. The molecule has 1 N–H and O–H groups in total. The Morgan fingerprint density at radius 1 is 0.902 bits per heavy atom. The quantitative estimate of drug-likeness (QED) is 0.221. The molecule has 5 nitrogen and oxygen atoms in total. The summed E-state index contributed by atoms with van der Waals surface area (Å²) < 4.78 is 5.52. The number of rotatable bonds is 4. The van der Waals surface area contributed by atoms with Gasteiger partial charge in [0.25, 0.3) is 0 Å². The predicted octanol–water partition coefficient (Wildman–Crippen LogP) is 7.28. The molecule has 0 heterocycles. The van der Waals surface area contributed by atoms with E-state index in [9.17, 15) is 14.4 Å². The SMILES string of the molecule is COC(=O)[C@]12CCC(C)(C)CC1C1=CCC3[C@@]4(C)CC(C(=O)NCC5CC5)C(=O)C(C)(C)C4CC[C@@]3(C)[C@]1(C)CC2. The molecular weight excluding hydrogens is 510 g/mol. The fourth-order valence-electron chi connectivity index (χ4n) is 11.7. The second kappa shape index (κ2) is 9.18. The molecule has 0 aromatic rings. The third-order valence-corrected chi connectivity index (χ3v) is 14.5. The molecule has 41 heavy (non-hydrogen) atoms. The normalized spacial score (nSPS) is 46.1. The van der Waals surface area contributed by atoms with Gasteiger partial charge in [0, 0.05) is 12.0 Å². The van der Waals surface area contributed by atoms with E-state index < -0.39 is 16.7 Å². The van der Waals surface area contributed by atoms with Crippen molar-refractivity contribution in [3.8, 4) is 0 Å². The summed E-state index contributed by atoms with van der Waals surface area (Å²) in [5.74, 6) is 1.06. The van der Waals surface area contributed by atoms with Crippen LogP contribution in [0.4, 0.5) is 0 Å². The number of nitrogens with one attached hydrogen (secondary N) is 1. The van der Waals surface area contributed by atoms with Gasteiger partial charge in [-0.3, -0.25) is 14.4 Å². The van der Waals surface area contributed by atoms with E-state index in [1.807, 2.05) is 0 Å². The van der Waals surface area contributed by atoms with Crippen LogP contribution >= 0.6 is 0 Å². The van der Waals surface area contributed by atoms with E-state index in [0.29, 0.717) is 24.8 Å². The molecule has 0 aromatic carbocycles. The van der Waals surface area contributed by atoms with Gasteiger partial charge in [-0.2, -0.15) is 0 Å². The third-order valence-electron chi connectivity index (χ3n) is 14.5. The van der Waals surface area contributed by atoms with Crippen molar-refractivity contribution in [3.63, 3.8) is 0 Å². The average Bonchev–Trinajstić information content (AvgIpc) is 3.74. The number of amides is 1. The van der Waals surface area contributed by atoms with Gasteiger partial charge in [-0.1, -0.05) is 60.1 Å². The zero-order chi connectivity index (χ0) is 29.8. The molecule has 0 aromatic heterocycles. The maximum Gasteiger partial charge on any atom is 0.312 e. The van der Waals surface area contributed by atoms with Gasteiger partial charge < -0.3 is 10.1 Å². The first-order valence-corrected chi connectivity index (χ1v) is 16.7. The second-order valence-corrected chi connectivity index (χ2v) is 17.4. The minimum atomic E-state index is -0.553. The van der Waals surface area contributed by atoms with E-state index in [0.717, 1.165) is 51.4 Å². The highest BCUT2D eigenvalue weighted by molar-refractivity contribution is 6.04. The Bertz CT molecular complexity index is 1180. The number of allylic oxidation sites excluding steroid dienone is 2. The van der Waals surface area contributed by atoms with Crippen LogP contribution in [0.25, 0.3) is 0 Å². The minimum absolute atomic E-state index is 0.00325. The molecule has 6 rings (SSSR count). The zero-order valence-electron chi connectivity index (χ0n) is 27.1. The highest BCUT2D eigenvalue weighted by Crippen LogP contribution is 2.75. The van der Waals surface area contributed by atoms with E-state index >= 15 is 0 Å². The maximum absolute atomic E-state index is 13.9. The fraction of sp³-hybridized carbons (Fsp3) is 0.861. The van der Waals surface area contributed by atoms with Crippen molar-refractivity contribution in [2.75, 3.05) is 13.7 Å². The Kier molecular flexibility index (Phi) is 6.59. The van der Waals surface area contributed by atoms with E-state index in [4.69, 9.17) is 4.74 Å². The average molecular weight is 566 g/mol. The molecule has 228 valence electrons. The largest absolute Gasteiger partial charge is 0.469 e. The fourth-order valence-corrected chi connectivity index (χ4v) is 11.7. The Morgan fingerprint density at radius 2 is 1.59 bits per heavy atom. The molecule has 8 atom stereocenters. The maximum atomic E-state index is 13.9. The first-order valence-electron chi connectivity index (χ1n) is 16.7. The number of methoxy groups -OCH3 is 1. The number of hydrogen-bond donors (Lipinski definition) is 1. The molecule has 0 radical (unpaired) electrons. The highest BCUT2D eigenvalue weighted by atomic mass is 16.5. The van der Waals surface area contributed by atoms with Crippen LogP contribution in [-0.2, 0) is 19.1 Å². The summed E-state index contributed by atoms with van der Waals surface area (Å²) in [6.07, 6.45) is 13.6. The van der Waals surface area contributed by atoms with Crippen molar-refractivity contribution in [1.82, 2.24) is 5.32 Å². The van der Waals surface area contributed by atoms with Crippen molar-refractivity contribution in [2.45, 2.75) is 119 Å². The summed E-state index contributed by atoms with van der Waals surface area (Å²) in [6.45, 7) is 17.2. The number of ether oxygens (including phenoxy) is 1. The molecule has 4 unspecified atom stereocenters. The molecule has 6 aliphatic rings. The summed E-state index contributed by atoms with van der Waals surface area (Å²) in [7, 11) is 1.57. The summed E-state index contributed by atoms with van der Waals surface area (Å²) in [4.78, 5) is 40.9. The van der Waals surface area contributed by atoms with Crippen molar-refractivity contribution in [2.24, 2.45) is 62.1 Å². The van der Waals surface area contributed by atoms with Crippen LogP contribution in [0.3, 0.4) is 0 Å². The van der Waals surface area contributed by atoms with Crippen LogP contribution < -0.4 is 5.32 Å². The Labute approximate surface area is 248 Å². The van der Waals surface area contributed by atoms with Gasteiger partial charge in [0.15, 0.2) is 5.78 Å². The van der Waals surface area contributed by atoms with Crippen molar-refractivity contribution < 1.29 is 19.1 Å². The molecule has 6 aliphatic carbocycles. The minimum Gasteiger partial charge on any atom is -0.469 e. The van der Waals surface area contributed by atoms with E-state index in [1.54, 1.807) is 7.11 Å². The van der Waals surface area contributed by atoms with Crippen LogP contribution in [0.2, 0.25) is 0 Å². The van der Waals surface area contributed by atoms with Crippen molar-refractivity contribution in [3.05, 3.63) is 11.6 Å². The molecule has 5 fully saturated rings. The number of hydrogen-bond acceptors (Lipinski definition) is 4. The van der Waals surface area contributed by atoms with Gasteiger partial charge in [0.2, 0.25) is 5.91 Å². The van der Waals surface area contributed by atoms with Crippen LogP contribution in [0.5, 0.6) is 0 Å². The molecule has 0 spiro atoms. The molecule has 5 saturated carbocycles. The van der Waals surface area contributed by atoms with Gasteiger partial charge in [0.1, 0.15) is 0 Å². The number of ketones is 1. The Morgan fingerprint density at radius 3 is 2.24 bits per heavy atom. The number of esters is 1. The van der Waals surface area contributed by atoms with Crippen molar-refractivity contribution in [1.29, 1.82) is 0 Å². The van der Waals surface area contributed by atoms with Crippen LogP contribution in [0.1, 0.15) is 119 Å². The molecule has 1 amide bonds. The highest BCUT2D eigenvalue weighted by Gasteiger charge is 2.70. The lowest BCUT2D eigenvalue weighted by Crippen LogP contribution is -2.66. The molecule has 0 aliphatic heterocycles. The standard InChI is InChI=1S/C36H55NO4/c1-31(2)15-17-36(30(40)41-8)18-16-34(6)24(25(36)20-31)11-12-27-33(5)19-23(29(39)37-21-22-9-10-22)28(38)32(3,4)26(33)13-14-35(27,34)7/h11,22-23,25-27H,9-10,12-21H2,1-8H3,(H,37,39)/t23?,25?,26?,27?,33-,34+,35+,36-/m0/s1. The third kappa shape index (κ3) is 4.01. The summed E-state index contributed by atoms with van der Waals surface area (Å²) in [5, 5.41) is 3.17. The van der Waals surface area contributed by atoms with Gasteiger partial charge in [-0.25, -0.2) is 0 Å². The van der Waals surface area contributed by atoms with Crippen molar-refractivity contribution >= 4 is 17.7 Å². The van der Waals surface area contributed by atoms with E-state index in [1.165, 1.54) is 18.4 Å². The summed E-state index contributed by atoms with van der Waals surface area (Å²) in [5.41, 5.74) is 0.765. The van der Waals surface area contributed by atoms with Gasteiger partial charge >= 0.3 is 5.97 Å². The first kappa shape index (κ1) is 29.4. The number of Topliss-reactive ketones (excluding diaryl/α,β-unsaturated/α-hetero) is 1. The van der Waals surface area contributed by atoms with Gasteiger partial charge in [-0.05, 0) is 116 Å². The number of carbonyl (C=O) groups excluding carboxylic acids is 3. The molecular formula is C36H55NO4. The van der Waals surface area contributed by atoms with Crippen LogP contribution in [0.15, 0.2) is 11.6 Å². The Hall–Kier alpha value is -1.65. The zero-order valence-corrected chi connectivity index (χ0v) is 27.1. The molecule has 0 saturated heterocycles. The van der Waals surface area contributed by atoms with Crippen LogP contribution in [-0.4, -0.2) is 31.3 Å². The van der Waals surface area contributed by atoms with Gasteiger partial charge in [0.05, 0.1) is 18.4 Å².